The molecule has 1 aliphatic heterocycles. The van der Waals surface area contributed by atoms with E-state index in [9.17, 15) is 23.1 Å². The van der Waals surface area contributed by atoms with Crippen molar-refractivity contribution in [3.05, 3.63) is 70.8 Å². The molecule has 3 atom stereocenters. The molecule has 192 valence electrons. The maximum Gasteiger partial charge on any atom is 0.416 e. The Morgan fingerprint density at radius 1 is 1.06 bits per heavy atom. The molecular weight excluding hydrogens is 451 g/mol. The zero-order valence-corrected chi connectivity index (χ0v) is 21.0. The largest absolute Gasteiger partial charge is 0.481 e. The monoisotopic (exact) mass is 489 g/mol. The second-order valence-electron chi connectivity index (χ2n) is 10.3. The number of alkyl halides is 3. The van der Waals surface area contributed by atoms with Gasteiger partial charge in [0.2, 0.25) is 0 Å². The van der Waals surface area contributed by atoms with Crippen LogP contribution in [0.3, 0.4) is 0 Å². The molecule has 1 saturated heterocycles. The number of carboxylic acids is 1. The van der Waals surface area contributed by atoms with Crippen molar-refractivity contribution in [2.75, 3.05) is 6.54 Å². The van der Waals surface area contributed by atoms with E-state index in [2.05, 4.69) is 49.9 Å². The summed E-state index contributed by atoms with van der Waals surface area (Å²) in [5, 5.41) is 9.40. The van der Waals surface area contributed by atoms with Gasteiger partial charge in [-0.3, -0.25) is 9.69 Å². The zero-order chi connectivity index (χ0) is 25.6. The van der Waals surface area contributed by atoms with E-state index in [0.29, 0.717) is 5.92 Å². The highest BCUT2D eigenvalue weighted by Crippen LogP contribution is 2.43. The Hall–Kier alpha value is -2.34. The quantitative estimate of drug-likeness (QED) is 0.367. The number of nitrogens with zero attached hydrogens (tertiary/aromatic N) is 1. The summed E-state index contributed by atoms with van der Waals surface area (Å²) in [5.74, 6) is -0.217. The van der Waals surface area contributed by atoms with Gasteiger partial charge in [-0.15, -0.1) is 0 Å². The summed E-state index contributed by atoms with van der Waals surface area (Å²) >= 11 is 0. The van der Waals surface area contributed by atoms with Crippen LogP contribution >= 0.6 is 0 Å². The van der Waals surface area contributed by atoms with Crippen LogP contribution in [0.1, 0.15) is 93.6 Å². The third-order valence-corrected chi connectivity index (χ3v) is 7.16. The minimum Gasteiger partial charge on any atom is -0.481 e. The summed E-state index contributed by atoms with van der Waals surface area (Å²) in [6, 6.07) is 14.2. The highest BCUT2D eigenvalue weighted by molar-refractivity contribution is 5.67. The van der Waals surface area contributed by atoms with Gasteiger partial charge in [0, 0.05) is 18.5 Å². The molecule has 1 N–H and O–H groups in total. The molecule has 0 aliphatic carbocycles. The van der Waals surface area contributed by atoms with Gasteiger partial charge in [0.15, 0.2) is 0 Å². The van der Waals surface area contributed by atoms with Gasteiger partial charge in [-0.2, -0.15) is 13.2 Å². The molecule has 35 heavy (non-hydrogen) atoms. The van der Waals surface area contributed by atoms with Crippen molar-refractivity contribution >= 4 is 5.97 Å². The van der Waals surface area contributed by atoms with Crippen LogP contribution in [-0.2, 0) is 17.4 Å². The van der Waals surface area contributed by atoms with Gasteiger partial charge in [-0.05, 0) is 79.3 Å². The van der Waals surface area contributed by atoms with E-state index in [0.717, 1.165) is 56.2 Å². The summed E-state index contributed by atoms with van der Waals surface area (Å²) in [6.07, 6.45) is 1.19. The lowest BCUT2D eigenvalue weighted by molar-refractivity contribution is -0.139. The molecule has 0 radical (unpaired) electrons. The van der Waals surface area contributed by atoms with E-state index in [1.165, 1.54) is 17.7 Å². The molecule has 1 unspecified atom stereocenters. The second kappa shape index (κ2) is 12.1. The highest BCUT2D eigenvalue weighted by atomic mass is 19.4. The number of aliphatic carboxylic acids is 1. The van der Waals surface area contributed by atoms with Crippen LogP contribution in [0.25, 0.3) is 0 Å². The minimum absolute atomic E-state index is 0.0224. The SMILES string of the molecule is CCCc1ccc([C@@H]2C[C@H](CC(=O)O)CCN2C(CCC(C)C)c2ccc(C(F)(F)F)cc2)cc1. The summed E-state index contributed by atoms with van der Waals surface area (Å²) in [5.41, 5.74) is 2.69. The molecule has 0 bridgehead atoms. The number of halogens is 3. The number of carboxylic acid groups (broad SMARTS) is 1. The van der Waals surface area contributed by atoms with Crippen molar-refractivity contribution in [3.63, 3.8) is 0 Å². The average molecular weight is 490 g/mol. The molecule has 3 rings (SSSR count). The molecule has 1 heterocycles. The Kier molecular flexibility index (Phi) is 9.40. The average Bonchev–Trinajstić information content (AvgIpc) is 2.80. The Balaban J connectivity index is 1.96. The van der Waals surface area contributed by atoms with E-state index in [-0.39, 0.29) is 24.4 Å². The van der Waals surface area contributed by atoms with Gasteiger partial charge in [0.1, 0.15) is 0 Å². The lowest BCUT2D eigenvalue weighted by atomic mass is 9.82. The highest BCUT2D eigenvalue weighted by Gasteiger charge is 2.36. The predicted octanol–water partition coefficient (Wildman–Crippen LogP) is 8.06. The Labute approximate surface area is 207 Å². The second-order valence-corrected chi connectivity index (χ2v) is 10.3. The van der Waals surface area contributed by atoms with Crippen molar-refractivity contribution in [1.82, 2.24) is 4.90 Å². The number of aryl methyl sites for hydroxylation is 1. The first-order valence-corrected chi connectivity index (χ1v) is 12.8. The van der Waals surface area contributed by atoms with Crippen molar-refractivity contribution in [1.29, 1.82) is 0 Å². The van der Waals surface area contributed by atoms with Crippen molar-refractivity contribution in [2.24, 2.45) is 11.8 Å². The summed E-state index contributed by atoms with van der Waals surface area (Å²) in [4.78, 5) is 13.9. The Bertz CT molecular complexity index is 938. The number of hydrogen-bond donors (Lipinski definition) is 1. The van der Waals surface area contributed by atoms with Crippen LogP contribution in [0.5, 0.6) is 0 Å². The van der Waals surface area contributed by atoms with Crippen LogP contribution < -0.4 is 0 Å². The first-order chi connectivity index (χ1) is 16.6. The van der Waals surface area contributed by atoms with E-state index in [4.69, 9.17) is 0 Å². The fourth-order valence-electron chi connectivity index (χ4n) is 5.29. The lowest BCUT2D eigenvalue weighted by Crippen LogP contribution is -2.40. The van der Waals surface area contributed by atoms with Crippen LogP contribution in [0, 0.1) is 11.8 Å². The fourth-order valence-corrected chi connectivity index (χ4v) is 5.29. The lowest BCUT2D eigenvalue weighted by Gasteiger charge is -2.44. The number of rotatable bonds is 10. The van der Waals surface area contributed by atoms with Crippen molar-refractivity contribution in [3.8, 4) is 0 Å². The number of hydrogen-bond acceptors (Lipinski definition) is 2. The molecule has 1 aliphatic rings. The van der Waals surface area contributed by atoms with E-state index in [1.54, 1.807) is 12.1 Å². The van der Waals surface area contributed by atoms with Crippen LogP contribution in [-0.4, -0.2) is 22.5 Å². The third-order valence-electron chi connectivity index (χ3n) is 7.16. The van der Waals surface area contributed by atoms with Crippen LogP contribution in [0.4, 0.5) is 13.2 Å². The molecule has 0 amide bonds. The molecule has 1 fully saturated rings. The number of likely N-dealkylation sites (tertiary alicyclic amines) is 1. The molecule has 0 saturated carbocycles. The summed E-state index contributed by atoms with van der Waals surface area (Å²) in [7, 11) is 0. The smallest absolute Gasteiger partial charge is 0.416 e. The molecule has 3 nitrogen and oxygen atoms in total. The molecular formula is C29H38F3NO2. The normalized spacial score (nSPS) is 20.2. The van der Waals surface area contributed by atoms with Crippen LogP contribution in [0.15, 0.2) is 48.5 Å². The summed E-state index contributed by atoms with van der Waals surface area (Å²) in [6.45, 7) is 7.19. The maximum absolute atomic E-state index is 13.2. The van der Waals surface area contributed by atoms with Gasteiger partial charge in [-0.1, -0.05) is 63.6 Å². The first kappa shape index (κ1) is 27.3. The van der Waals surface area contributed by atoms with Gasteiger partial charge >= 0.3 is 12.1 Å². The van der Waals surface area contributed by atoms with E-state index in [1.807, 2.05) is 0 Å². The fraction of sp³-hybridized carbons (Fsp3) is 0.552. The van der Waals surface area contributed by atoms with Gasteiger partial charge in [0.25, 0.3) is 0 Å². The molecule has 2 aromatic rings. The Morgan fingerprint density at radius 2 is 1.71 bits per heavy atom. The maximum atomic E-state index is 13.2. The molecule has 0 spiro atoms. The molecule has 6 heteroatoms. The standard InChI is InChI=1S/C29H38F3NO2/c1-4-5-21-7-9-24(10-8-21)27-18-22(19-28(34)35)16-17-33(27)26(15-6-20(2)3)23-11-13-25(14-12-23)29(30,31)32/h7-14,20,22,26-27H,4-6,15-19H2,1-3H3,(H,34,35)/t22-,26?,27+/m1/s1. The number of carbonyl (C=O) groups is 1. The van der Waals surface area contributed by atoms with Crippen molar-refractivity contribution < 1.29 is 23.1 Å². The zero-order valence-electron chi connectivity index (χ0n) is 21.0. The molecule has 2 aromatic carbocycles. The van der Waals surface area contributed by atoms with Gasteiger partial charge < -0.3 is 5.11 Å². The third kappa shape index (κ3) is 7.57. The van der Waals surface area contributed by atoms with E-state index < -0.39 is 17.7 Å². The topological polar surface area (TPSA) is 40.5 Å². The molecule has 0 aromatic heterocycles. The minimum atomic E-state index is -4.36. The predicted molar refractivity (Wildman–Crippen MR) is 133 cm³/mol. The van der Waals surface area contributed by atoms with Crippen molar-refractivity contribution in [2.45, 2.75) is 84.0 Å². The number of piperidine rings is 1. The summed E-state index contributed by atoms with van der Waals surface area (Å²) < 4.78 is 39.6. The van der Waals surface area contributed by atoms with E-state index >= 15 is 0 Å². The number of benzene rings is 2. The van der Waals surface area contributed by atoms with Gasteiger partial charge in [0.05, 0.1) is 5.56 Å². The first-order valence-electron chi connectivity index (χ1n) is 12.8. The van der Waals surface area contributed by atoms with Gasteiger partial charge in [-0.25, -0.2) is 0 Å². The Morgan fingerprint density at radius 3 is 2.26 bits per heavy atom. The van der Waals surface area contributed by atoms with Crippen LogP contribution in [0.2, 0.25) is 0 Å².